The fourth-order valence-electron chi connectivity index (χ4n) is 2.25. The number of nitro benzene ring substituents is 1. The van der Waals surface area contributed by atoms with Crippen LogP contribution in [0.1, 0.15) is 12.0 Å². The fraction of sp³-hybridized carbons (Fsp3) is 0.278. The molecule has 7 nitrogen and oxygen atoms in total. The Balaban J connectivity index is 1.63. The highest BCUT2D eigenvalue weighted by molar-refractivity contribution is 5.76. The summed E-state index contributed by atoms with van der Waals surface area (Å²) in [7, 11) is 1.62. The number of non-ortho nitro benzene ring substituents is 1. The van der Waals surface area contributed by atoms with E-state index in [9.17, 15) is 14.9 Å². The highest BCUT2D eigenvalue weighted by Crippen LogP contribution is 2.15. The molecule has 0 radical (unpaired) electrons. The zero-order valence-electron chi connectivity index (χ0n) is 14.0. The summed E-state index contributed by atoms with van der Waals surface area (Å²) in [5, 5.41) is 16.5. The van der Waals surface area contributed by atoms with E-state index in [1.165, 1.54) is 12.1 Å². The third kappa shape index (κ3) is 6.14. The molecular weight excluding hydrogens is 322 g/mol. The Kier molecular flexibility index (Phi) is 6.76. The van der Waals surface area contributed by atoms with E-state index in [-0.39, 0.29) is 11.6 Å². The molecule has 0 bridgehead atoms. The Morgan fingerprint density at radius 3 is 2.36 bits per heavy atom. The first-order valence-corrected chi connectivity index (χ1v) is 7.96. The Labute approximate surface area is 146 Å². The van der Waals surface area contributed by atoms with Gasteiger partial charge in [-0.05, 0) is 36.2 Å². The van der Waals surface area contributed by atoms with Crippen molar-refractivity contribution in [2.75, 3.05) is 25.5 Å². The summed E-state index contributed by atoms with van der Waals surface area (Å²) in [4.78, 5) is 22.0. The molecular formula is C18H21N3O4. The Morgan fingerprint density at radius 2 is 1.76 bits per heavy atom. The molecule has 0 fully saturated rings. The van der Waals surface area contributed by atoms with Crippen molar-refractivity contribution in [1.82, 2.24) is 5.32 Å². The van der Waals surface area contributed by atoms with Gasteiger partial charge in [-0.25, -0.2) is 0 Å². The fourth-order valence-corrected chi connectivity index (χ4v) is 2.25. The molecule has 1 amide bonds. The monoisotopic (exact) mass is 343 g/mol. The first-order chi connectivity index (χ1) is 12.1. The van der Waals surface area contributed by atoms with Crippen LogP contribution in [0, 0.1) is 10.1 Å². The number of nitro groups is 1. The third-order valence-corrected chi connectivity index (χ3v) is 3.65. The van der Waals surface area contributed by atoms with Gasteiger partial charge in [0.25, 0.3) is 5.69 Å². The highest BCUT2D eigenvalue weighted by Gasteiger charge is 2.04. The molecule has 0 aliphatic carbocycles. The second-order valence-corrected chi connectivity index (χ2v) is 5.43. The van der Waals surface area contributed by atoms with Crippen LogP contribution in [-0.2, 0) is 11.2 Å². The summed E-state index contributed by atoms with van der Waals surface area (Å²) < 4.78 is 5.10. The van der Waals surface area contributed by atoms with E-state index in [0.717, 1.165) is 17.0 Å². The van der Waals surface area contributed by atoms with E-state index >= 15 is 0 Å². The van der Waals surface area contributed by atoms with E-state index in [0.29, 0.717) is 25.9 Å². The van der Waals surface area contributed by atoms with Crippen LogP contribution in [0.3, 0.4) is 0 Å². The number of nitrogens with zero attached hydrogens (tertiary/aromatic N) is 1. The van der Waals surface area contributed by atoms with Gasteiger partial charge >= 0.3 is 0 Å². The van der Waals surface area contributed by atoms with Gasteiger partial charge in [-0.15, -0.1) is 0 Å². The molecule has 0 aliphatic rings. The molecule has 0 saturated heterocycles. The highest BCUT2D eigenvalue weighted by atomic mass is 16.6. The molecule has 2 aromatic carbocycles. The van der Waals surface area contributed by atoms with Crippen LogP contribution in [0.15, 0.2) is 48.5 Å². The van der Waals surface area contributed by atoms with Gasteiger partial charge in [-0.3, -0.25) is 14.9 Å². The number of methoxy groups -OCH3 is 1. The van der Waals surface area contributed by atoms with Crippen LogP contribution in [-0.4, -0.2) is 31.0 Å². The van der Waals surface area contributed by atoms with Gasteiger partial charge in [-0.1, -0.05) is 12.1 Å². The lowest BCUT2D eigenvalue weighted by atomic mass is 10.1. The molecule has 132 valence electrons. The van der Waals surface area contributed by atoms with E-state index in [1.54, 1.807) is 19.2 Å². The average molecular weight is 343 g/mol. The summed E-state index contributed by atoms with van der Waals surface area (Å²) in [5.74, 6) is 0.784. The van der Waals surface area contributed by atoms with E-state index in [4.69, 9.17) is 4.74 Å². The van der Waals surface area contributed by atoms with Crippen molar-refractivity contribution >= 4 is 17.3 Å². The summed E-state index contributed by atoms with van der Waals surface area (Å²) in [6.07, 6.45) is 1.09. The van der Waals surface area contributed by atoms with Crippen molar-refractivity contribution in [2.24, 2.45) is 0 Å². The van der Waals surface area contributed by atoms with Crippen LogP contribution in [0.5, 0.6) is 5.75 Å². The molecule has 0 saturated carbocycles. The van der Waals surface area contributed by atoms with Crippen LogP contribution in [0.2, 0.25) is 0 Å². The minimum atomic E-state index is -0.438. The average Bonchev–Trinajstić information content (AvgIpc) is 2.64. The molecule has 7 heteroatoms. The number of nitrogens with one attached hydrogen (secondary N) is 2. The molecule has 0 atom stereocenters. The maximum Gasteiger partial charge on any atom is 0.269 e. The Morgan fingerprint density at radius 1 is 1.08 bits per heavy atom. The molecule has 0 aromatic heterocycles. The number of rotatable bonds is 9. The van der Waals surface area contributed by atoms with Crippen LogP contribution in [0.4, 0.5) is 11.4 Å². The van der Waals surface area contributed by atoms with Crippen molar-refractivity contribution in [3.63, 3.8) is 0 Å². The zero-order chi connectivity index (χ0) is 18.1. The number of carbonyl (C=O) groups is 1. The number of hydrogen-bond donors (Lipinski definition) is 2. The number of carbonyl (C=O) groups excluding carboxylic acids is 1. The van der Waals surface area contributed by atoms with Gasteiger partial charge < -0.3 is 15.4 Å². The van der Waals surface area contributed by atoms with Crippen LogP contribution < -0.4 is 15.4 Å². The predicted octanol–water partition coefficient (Wildman–Crippen LogP) is 2.76. The number of hydrogen-bond acceptors (Lipinski definition) is 5. The zero-order valence-corrected chi connectivity index (χ0v) is 14.0. The van der Waals surface area contributed by atoms with Crippen molar-refractivity contribution in [2.45, 2.75) is 12.8 Å². The van der Waals surface area contributed by atoms with Crippen molar-refractivity contribution in [1.29, 1.82) is 0 Å². The number of ether oxygens (including phenoxy) is 1. The largest absolute Gasteiger partial charge is 0.497 e. The normalized spacial score (nSPS) is 10.1. The topological polar surface area (TPSA) is 93.5 Å². The van der Waals surface area contributed by atoms with Crippen molar-refractivity contribution in [3.8, 4) is 5.75 Å². The molecule has 25 heavy (non-hydrogen) atoms. The number of amides is 1. The number of benzene rings is 2. The second kappa shape index (κ2) is 9.27. The summed E-state index contributed by atoms with van der Waals surface area (Å²) in [6.45, 7) is 1.03. The molecule has 0 spiro atoms. The Hall–Kier alpha value is -3.09. The minimum absolute atomic E-state index is 0.0127. The maximum atomic E-state index is 11.8. The van der Waals surface area contributed by atoms with Crippen LogP contribution >= 0.6 is 0 Å². The summed E-state index contributed by atoms with van der Waals surface area (Å²) >= 11 is 0. The molecule has 0 heterocycles. The third-order valence-electron chi connectivity index (χ3n) is 3.65. The van der Waals surface area contributed by atoms with Gasteiger partial charge in [-0.2, -0.15) is 0 Å². The van der Waals surface area contributed by atoms with E-state index in [2.05, 4.69) is 10.6 Å². The molecule has 2 N–H and O–H groups in total. The van der Waals surface area contributed by atoms with Gasteiger partial charge in [0.2, 0.25) is 5.91 Å². The van der Waals surface area contributed by atoms with E-state index < -0.39 is 4.92 Å². The quantitative estimate of drug-likeness (QED) is 0.415. The van der Waals surface area contributed by atoms with Gasteiger partial charge in [0.05, 0.1) is 12.0 Å². The van der Waals surface area contributed by atoms with E-state index in [1.807, 2.05) is 24.3 Å². The van der Waals surface area contributed by atoms with Gasteiger partial charge in [0, 0.05) is 37.3 Å². The second-order valence-electron chi connectivity index (χ2n) is 5.43. The smallest absolute Gasteiger partial charge is 0.269 e. The van der Waals surface area contributed by atoms with Crippen molar-refractivity contribution in [3.05, 3.63) is 64.2 Å². The molecule has 0 aliphatic heterocycles. The maximum absolute atomic E-state index is 11.8. The Bertz CT molecular complexity index is 699. The molecule has 0 unspecified atom stereocenters. The first-order valence-electron chi connectivity index (χ1n) is 7.96. The predicted molar refractivity (Wildman–Crippen MR) is 95.9 cm³/mol. The van der Waals surface area contributed by atoms with Gasteiger partial charge in [0.15, 0.2) is 0 Å². The summed E-state index contributed by atoms with van der Waals surface area (Å²) in [6, 6.07) is 13.8. The first kappa shape index (κ1) is 18.3. The lowest BCUT2D eigenvalue weighted by Crippen LogP contribution is -2.28. The minimum Gasteiger partial charge on any atom is -0.497 e. The molecule has 2 aromatic rings. The molecule has 2 rings (SSSR count). The standard InChI is InChI=1S/C18H21N3O4/c1-25-17-9-2-14(3-10-17)4-11-18(22)20-13-12-19-15-5-7-16(8-6-15)21(23)24/h2-3,5-10,19H,4,11-13H2,1H3,(H,20,22). The number of anilines is 1. The van der Waals surface area contributed by atoms with Gasteiger partial charge in [0.1, 0.15) is 5.75 Å². The SMILES string of the molecule is COc1ccc(CCC(=O)NCCNc2ccc([N+](=O)[O-])cc2)cc1. The van der Waals surface area contributed by atoms with Crippen LogP contribution in [0.25, 0.3) is 0 Å². The lowest BCUT2D eigenvalue weighted by Gasteiger charge is -2.08. The van der Waals surface area contributed by atoms with Crippen molar-refractivity contribution < 1.29 is 14.5 Å². The lowest BCUT2D eigenvalue weighted by molar-refractivity contribution is -0.384. The summed E-state index contributed by atoms with van der Waals surface area (Å²) in [5.41, 5.74) is 1.91. The number of aryl methyl sites for hydroxylation is 1.